The lowest BCUT2D eigenvalue weighted by Crippen LogP contribution is -2.20. The maximum Gasteiger partial charge on any atom is 0.411 e. The van der Waals surface area contributed by atoms with E-state index in [0.717, 1.165) is 5.69 Å². The Morgan fingerprint density at radius 1 is 1.24 bits per heavy atom. The Kier molecular flexibility index (Phi) is 4.79. The largest absolute Gasteiger partial charge is 0.411 e. The summed E-state index contributed by atoms with van der Waals surface area (Å²) in [5.41, 5.74) is 1.27. The third-order valence-corrected chi connectivity index (χ3v) is 1.86. The Bertz CT molecular complexity index is 381. The summed E-state index contributed by atoms with van der Waals surface area (Å²) in [7, 11) is 0. The third kappa shape index (κ3) is 5.78. The van der Waals surface area contributed by atoms with Gasteiger partial charge in [0.1, 0.15) is 6.61 Å². The van der Waals surface area contributed by atoms with Crippen LogP contribution in [0.2, 0.25) is 0 Å². The van der Waals surface area contributed by atoms with E-state index in [-0.39, 0.29) is 13.2 Å². The first kappa shape index (κ1) is 13.3. The minimum Gasteiger partial charge on any atom is -0.383 e. The summed E-state index contributed by atoms with van der Waals surface area (Å²) in [5.74, 6) is 0. The van der Waals surface area contributed by atoms with Gasteiger partial charge < -0.3 is 10.1 Å². The van der Waals surface area contributed by atoms with Crippen LogP contribution in [0.4, 0.5) is 18.9 Å². The molecule has 1 rings (SSSR count). The molecule has 0 aliphatic rings. The van der Waals surface area contributed by atoms with Crippen molar-refractivity contribution in [2.45, 2.75) is 6.18 Å². The summed E-state index contributed by atoms with van der Waals surface area (Å²) in [6.45, 7) is -0.983. The molecule has 3 nitrogen and oxygen atoms in total. The highest BCUT2D eigenvalue weighted by atomic mass is 19.4. The van der Waals surface area contributed by atoms with Crippen LogP contribution in [-0.4, -0.2) is 25.9 Å². The molecule has 17 heavy (non-hydrogen) atoms. The van der Waals surface area contributed by atoms with Crippen LogP contribution in [0, 0.1) is 11.3 Å². The van der Waals surface area contributed by atoms with Gasteiger partial charge >= 0.3 is 6.18 Å². The Balaban J connectivity index is 2.20. The zero-order valence-corrected chi connectivity index (χ0v) is 8.92. The molecule has 0 radical (unpaired) electrons. The van der Waals surface area contributed by atoms with Crippen molar-refractivity contribution in [1.82, 2.24) is 0 Å². The monoisotopic (exact) mass is 244 g/mol. The fraction of sp³-hybridized carbons (Fsp3) is 0.364. The molecule has 6 heteroatoms. The van der Waals surface area contributed by atoms with E-state index in [1.807, 2.05) is 6.07 Å². The van der Waals surface area contributed by atoms with Gasteiger partial charge in [-0.2, -0.15) is 18.4 Å². The van der Waals surface area contributed by atoms with Crippen molar-refractivity contribution < 1.29 is 17.9 Å². The predicted molar refractivity (Wildman–Crippen MR) is 56.5 cm³/mol. The molecule has 0 aromatic heterocycles. The smallest absolute Gasteiger partial charge is 0.383 e. The summed E-state index contributed by atoms with van der Waals surface area (Å²) >= 11 is 0. The molecule has 0 aliphatic carbocycles. The van der Waals surface area contributed by atoms with E-state index in [0.29, 0.717) is 5.56 Å². The number of alkyl halides is 3. The van der Waals surface area contributed by atoms with Crippen LogP contribution in [0.3, 0.4) is 0 Å². The highest BCUT2D eigenvalue weighted by molar-refractivity contribution is 5.46. The average molecular weight is 244 g/mol. The summed E-state index contributed by atoms with van der Waals surface area (Å²) in [6, 6.07) is 8.58. The Morgan fingerprint density at radius 3 is 2.41 bits per heavy atom. The first-order chi connectivity index (χ1) is 8.01. The molecule has 0 unspecified atom stereocenters. The Hall–Kier alpha value is -1.74. The van der Waals surface area contributed by atoms with E-state index >= 15 is 0 Å². The second-order valence-electron chi connectivity index (χ2n) is 3.28. The zero-order chi connectivity index (χ0) is 12.7. The SMILES string of the molecule is N#Cc1ccc(NCCOCC(F)(F)F)cc1. The summed E-state index contributed by atoms with van der Waals surface area (Å²) < 4.78 is 39.6. The molecule has 0 heterocycles. The highest BCUT2D eigenvalue weighted by Gasteiger charge is 2.27. The van der Waals surface area contributed by atoms with Gasteiger partial charge in [-0.15, -0.1) is 0 Å². The number of nitriles is 1. The molecule has 0 spiro atoms. The van der Waals surface area contributed by atoms with Crippen molar-refractivity contribution in [3.05, 3.63) is 29.8 Å². The quantitative estimate of drug-likeness (QED) is 0.809. The fourth-order valence-corrected chi connectivity index (χ4v) is 1.12. The maximum absolute atomic E-state index is 11.7. The van der Waals surface area contributed by atoms with Gasteiger partial charge in [0.15, 0.2) is 0 Å². The standard InChI is InChI=1S/C11H11F3N2O/c12-11(13,14)8-17-6-5-16-10-3-1-9(7-15)2-4-10/h1-4,16H,5-6,8H2. The predicted octanol–water partition coefficient (Wildman–Crippen LogP) is 2.55. The number of ether oxygens (including phenoxy) is 1. The molecule has 1 N–H and O–H groups in total. The Morgan fingerprint density at radius 2 is 1.88 bits per heavy atom. The van der Waals surface area contributed by atoms with Crippen LogP contribution in [0.1, 0.15) is 5.56 Å². The lowest BCUT2D eigenvalue weighted by Gasteiger charge is -2.09. The van der Waals surface area contributed by atoms with Gasteiger partial charge in [0, 0.05) is 12.2 Å². The second-order valence-corrected chi connectivity index (χ2v) is 3.28. The normalized spacial score (nSPS) is 10.9. The molecule has 0 bridgehead atoms. The van der Waals surface area contributed by atoms with Crippen molar-refractivity contribution in [2.75, 3.05) is 25.1 Å². The van der Waals surface area contributed by atoms with Gasteiger partial charge in [-0.05, 0) is 24.3 Å². The average Bonchev–Trinajstić information content (AvgIpc) is 2.28. The summed E-state index contributed by atoms with van der Waals surface area (Å²) in [4.78, 5) is 0. The number of anilines is 1. The minimum atomic E-state index is -4.28. The van der Waals surface area contributed by atoms with Gasteiger partial charge in [0.25, 0.3) is 0 Å². The molecule has 0 saturated carbocycles. The lowest BCUT2D eigenvalue weighted by molar-refractivity contribution is -0.172. The highest BCUT2D eigenvalue weighted by Crippen LogP contribution is 2.14. The number of nitrogens with zero attached hydrogens (tertiary/aromatic N) is 1. The molecule has 92 valence electrons. The number of rotatable bonds is 5. The topological polar surface area (TPSA) is 45.0 Å². The second kappa shape index (κ2) is 6.11. The van der Waals surface area contributed by atoms with Gasteiger partial charge in [-0.3, -0.25) is 0 Å². The van der Waals surface area contributed by atoms with Crippen molar-refractivity contribution in [2.24, 2.45) is 0 Å². The minimum absolute atomic E-state index is 0.0283. The third-order valence-electron chi connectivity index (χ3n) is 1.86. The molecule has 0 atom stereocenters. The Labute approximate surface area is 96.8 Å². The van der Waals surface area contributed by atoms with Crippen molar-refractivity contribution in [3.8, 4) is 6.07 Å². The first-order valence-corrected chi connectivity index (χ1v) is 4.90. The molecular weight excluding hydrogens is 233 g/mol. The number of nitrogens with one attached hydrogen (secondary N) is 1. The molecule has 0 amide bonds. The van der Waals surface area contributed by atoms with Crippen LogP contribution in [-0.2, 0) is 4.74 Å². The zero-order valence-electron chi connectivity index (χ0n) is 8.92. The van der Waals surface area contributed by atoms with Gasteiger partial charge in [0.2, 0.25) is 0 Å². The van der Waals surface area contributed by atoms with Crippen molar-refractivity contribution in [3.63, 3.8) is 0 Å². The fourth-order valence-electron chi connectivity index (χ4n) is 1.12. The van der Waals surface area contributed by atoms with Crippen LogP contribution < -0.4 is 5.32 Å². The van der Waals surface area contributed by atoms with Crippen LogP contribution >= 0.6 is 0 Å². The number of halogens is 3. The van der Waals surface area contributed by atoms with E-state index in [4.69, 9.17) is 5.26 Å². The van der Waals surface area contributed by atoms with Crippen LogP contribution in [0.15, 0.2) is 24.3 Å². The van der Waals surface area contributed by atoms with Crippen LogP contribution in [0.25, 0.3) is 0 Å². The molecule has 0 saturated heterocycles. The summed E-state index contributed by atoms with van der Waals surface area (Å²) in [6.07, 6.45) is -4.28. The van der Waals surface area contributed by atoms with Crippen molar-refractivity contribution in [1.29, 1.82) is 5.26 Å². The van der Waals surface area contributed by atoms with Crippen LogP contribution in [0.5, 0.6) is 0 Å². The first-order valence-electron chi connectivity index (χ1n) is 4.90. The molecule has 0 aliphatic heterocycles. The number of benzene rings is 1. The lowest BCUT2D eigenvalue weighted by atomic mass is 10.2. The van der Waals surface area contributed by atoms with E-state index < -0.39 is 12.8 Å². The maximum atomic E-state index is 11.7. The van der Waals surface area contributed by atoms with E-state index in [2.05, 4.69) is 10.1 Å². The van der Waals surface area contributed by atoms with E-state index in [9.17, 15) is 13.2 Å². The van der Waals surface area contributed by atoms with E-state index in [1.54, 1.807) is 24.3 Å². The van der Waals surface area contributed by atoms with Crippen molar-refractivity contribution >= 4 is 5.69 Å². The number of hydrogen-bond donors (Lipinski definition) is 1. The van der Waals surface area contributed by atoms with Gasteiger partial charge in [0.05, 0.1) is 18.2 Å². The molecule has 1 aromatic rings. The van der Waals surface area contributed by atoms with Gasteiger partial charge in [-0.25, -0.2) is 0 Å². The van der Waals surface area contributed by atoms with E-state index in [1.165, 1.54) is 0 Å². The molecule has 1 aromatic carbocycles. The molecular formula is C11H11F3N2O. The number of hydrogen-bond acceptors (Lipinski definition) is 3. The van der Waals surface area contributed by atoms with Gasteiger partial charge in [-0.1, -0.05) is 0 Å². The molecule has 0 fully saturated rings. The summed E-state index contributed by atoms with van der Waals surface area (Å²) in [5, 5.41) is 11.4.